The van der Waals surface area contributed by atoms with Gasteiger partial charge in [-0.25, -0.2) is 0 Å². The lowest BCUT2D eigenvalue weighted by Gasteiger charge is -2.31. The fourth-order valence-corrected chi connectivity index (χ4v) is 7.86. The maximum absolute atomic E-state index is 6.83. The van der Waals surface area contributed by atoms with Crippen LogP contribution >= 0.6 is 0 Å². The Morgan fingerprint density at radius 3 is 1.50 bits per heavy atom. The third-order valence-electron chi connectivity index (χ3n) is 6.84. The monoisotopic (exact) mass is 508 g/mol. The topological polar surface area (TPSA) is 18.5 Å². The highest BCUT2D eigenvalue weighted by Crippen LogP contribution is 2.14. The summed E-state index contributed by atoms with van der Waals surface area (Å²) in [5.41, 5.74) is 0. The summed E-state index contributed by atoms with van der Waals surface area (Å²) >= 11 is 0. The molecule has 0 spiro atoms. The van der Waals surface area contributed by atoms with E-state index in [1.54, 1.807) is 0 Å². The highest BCUT2D eigenvalue weighted by Gasteiger charge is 2.42. The molecule has 200 valence electrons. The lowest BCUT2D eigenvalue weighted by molar-refractivity contribution is 0.190. The SMILES string of the molecule is CCCCC/C=C/CCO[Si](OCCCCCCCCCCCC)(c1ccccc1)c1ccccc1. The number of hydrogen-bond donors (Lipinski definition) is 0. The average Bonchev–Trinajstić information content (AvgIpc) is 2.93. The van der Waals surface area contributed by atoms with Gasteiger partial charge in [-0.1, -0.05) is 157 Å². The van der Waals surface area contributed by atoms with E-state index >= 15 is 0 Å². The van der Waals surface area contributed by atoms with E-state index in [0.29, 0.717) is 6.61 Å². The summed E-state index contributed by atoms with van der Waals surface area (Å²) < 4.78 is 13.6. The summed E-state index contributed by atoms with van der Waals surface area (Å²) in [6, 6.07) is 21.4. The van der Waals surface area contributed by atoms with Crippen molar-refractivity contribution in [2.75, 3.05) is 13.2 Å². The van der Waals surface area contributed by atoms with Crippen molar-refractivity contribution in [3.05, 3.63) is 72.8 Å². The molecule has 0 unspecified atom stereocenters. The molecule has 0 aliphatic carbocycles. The minimum atomic E-state index is -2.76. The normalized spacial score (nSPS) is 11.9. The van der Waals surface area contributed by atoms with E-state index in [1.807, 2.05) is 0 Å². The molecule has 0 saturated heterocycles. The molecule has 0 aromatic heterocycles. The third-order valence-corrected chi connectivity index (χ3v) is 10.2. The van der Waals surface area contributed by atoms with E-state index in [2.05, 4.69) is 86.7 Å². The van der Waals surface area contributed by atoms with Crippen molar-refractivity contribution in [2.24, 2.45) is 0 Å². The average molecular weight is 509 g/mol. The maximum Gasteiger partial charge on any atom is 0.407 e. The van der Waals surface area contributed by atoms with Crippen LogP contribution in [0.4, 0.5) is 0 Å². The van der Waals surface area contributed by atoms with Crippen molar-refractivity contribution in [1.29, 1.82) is 0 Å². The molecule has 2 nitrogen and oxygen atoms in total. The Hall–Kier alpha value is -1.68. The second-order valence-electron chi connectivity index (χ2n) is 9.98. The molecule has 0 aliphatic rings. The minimum absolute atomic E-state index is 0.693. The maximum atomic E-state index is 6.83. The first-order chi connectivity index (χ1) is 17.8. The quantitative estimate of drug-likeness (QED) is 0.0899. The van der Waals surface area contributed by atoms with E-state index in [1.165, 1.54) is 93.8 Å². The van der Waals surface area contributed by atoms with E-state index < -0.39 is 8.56 Å². The van der Waals surface area contributed by atoms with Crippen molar-refractivity contribution >= 4 is 18.9 Å². The molecule has 0 heterocycles. The predicted molar refractivity (Wildman–Crippen MR) is 160 cm³/mol. The number of rotatable bonds is 22. The molecule has 0 bridgehead atoms. The Bertz CT molecular complexity index is 735. The van der Waals surface area contributed by atoms with E-state index in [0.717, 1.165) is 19.4 Å². The highest BCUT2D eigenvalue weighted by atomic mass is 28.4. The van der Waals surface area contributed by atoms with Gasteiger partial charge in [0.15, 0.2) is 0 Å². The van der Waals surface area contributed by atoms with Gasteiger partial charge in [-0.3, -0.25) is 0 Å². The summed E-state index contributed by atoms with van der Waals surface area (Å²) in [5, 5.41) is 2.41. The highest BCUT2D eigenvalue weighted by molar-refractivity contribution is 6.92. The van der Waals surface area contributed by atoms with Gasteiger partial charge in [0.25, 0.3) is 0 Å². The fourth-order valence-electron chi connectivity index (χ4n) is 4.68. The van der Waals surface area contributed by atoms with E-state index in [9.17, 15) is 0 Å². The fraction of sp³-hybridized carbons (Fsp3) is 0.576. The molecule has 0 fully saturated rings. The molecule has 2 aromatic carbocycles. The van der Waals surface area contributed by atoms with Crippen LogP contribution in [0.1, 0.15) is 110 Å². The Labute approximate surface area is 223 Å². The van der Waals surface area contributed by atoms with Crippen LogP contribution in [-0.2, 0) is 8.85 Å². The molecule has 0 aliphatic heterocycles. The Morgan fingerprint density at radius 2 is 0.944 bits per heavy atom. The van der Waals surface area contributed by atoms with Crippen LogP contribution in [0.25, 0.3) is 0 Å². The number of hydrogen-bond acceptors (Lipinski definition) is 2. The van der Waals surface area contributed by atoms with Gasteiger partial charge in [-0.15, -0.1) is 0 Å². The van der Waals surface area contributed by atoms with Crippen LogP contribution in [0.2, 0.25) is 0 Å². The van der Waals surface area contributed by atoms with Gasteiger partial charge in [0.05, 0.1) is 0 Å². The van der Waals surface area contributed by atoms with Crippen LogP contribution < -0.4 is 10.4 Å². The molecule has 2 rings (SSSR count). The number of allylic oxidation sites excluding steroid dienone is 1. The lowest BCUT2D eigenvalue weighted by atomic mass is 10.1. The summed E-state index contributed by atoms with van der Waals surface area (Å²) in [5.74, 6) is 0. The van der Waals surface area contributed by atoms with Crippen LogP contribution in [-0.4, -0.2) is 21.8 Å². The van der Waals surface area contributed by atoms with Gasteiger partial charge in [-0.2, -0.15) is 0 Å². The molecule has 0 amide bonds. The van der Waals surface area contributed by atoms with Crippen LogP contribution in [0.15, 0.2) is 72.8 Å². The van der Waals surface area contributed by atoms with Crippen LogP contribution in [0.5, 0.6) is 0 Å². The second kappa shape index (κ2) is 20.4. The minimum Gasteiger partial charge on any atom is -0.388 e. The first kappa shape index (κ1) is 30.5. The van der Waals surface area contributed by atoms with Crippen molar-refractivity contribution < 1.29 is 8.85 Å². The molecule has 0 atom stereocenters. The molecule has 3 heteroatoms. The number of unbranched alkanes of at least 4 members (excludes halogenated alkanes) is 12. The summed E-state index contributed by atoms with van der Waals surface area (Å²) in [6.45, 7) is 6.00. The lowest BCUT2D eigenvalue weighted by Crippen LogP contribution is -2.63. The smallest absolute Gasteiger partial charge is 0.388 e. The standard InChI is InChI=1S/C33H52O2Si/c1-3-5-7-9-11-12-13-15-17-25-31-35-36(32-26-20-18-21-27-32,33-28-22-19-23-29-33)34-30-24-16-14-10-8-6-4-2/h14,16,18-23,26-29H,3-13,15,17,24-25,30-31H2,1-2H3/b16-14+. The van der Waals surface area contributed by atoms with Crippen molar-refractivity contribution in [2.45, 2.75) is 110 Å². The molecule has 36 heavy (non-hydrogen) atoms. The van der Waals surface area contributed by atoms with Gasteiger partial charge >= 0.3 is 8.56 Å². The second-order valence-corrected chi connectivity index (χ2v) is 12.9. The largest absolute Gasteiger partial charge is 0.407 e. The number of benzene rings is 2. The molecule has 0 radical (unpaired) electrons. The summed E-state index contributed by atoms with van der Waals surface area (Å²) in [7, 11) is -2.76. The van der Waals surface area contributed by atoms with Crippen molar-refractivity contribution in [3.8, 4) is 0 Å². The Balaban J connectivity index is 1.92. The van der Waals surface area contributed by atoms with Crippen LogP contribution in [0, 0.1) is 0 Å². The molecule has 0 N–H and O–H groups in total. The Morgan fingerprint density at radius 1 is 0.500 bits per heavy atom. The van der Waals surface area contributed by atoms with Gasteiger partial charge in [0, 0.05) is 13.2 Å². The van der Waals surface area contributed by atoms with Crippen LogP contribution in [0.3, 0.4) is 0 Å². The summed E-state index contributed by atoms with van der Waals surface area (Å²) in [4.78, 5) is 0. The zero-order chi connectivity index (χ0) is 25.6. The first-order valence-electron chi connectivity index (χ1n) is 14.9. The van der Waals surface area contributed by atoms with Crippen molar-refractivity contribution in [3.63, 3.8) is 0 Å². The predicted octanol–water partition coefficient (Wildman–Crippen LogP) is 8.72. The zero-order valence-corrected chi connectivity index (χ0v) is 24.3. The van der Waals surface area contributed by atoms with Gasteiger partial charge in [-0.05, 0) is 36.1 Å². The van der Waals surface area contributed by atoms with Gasteiger partial charge in [0.2, 0.25) is 0 Å². The Kier molecular flexibility index (Phi) is 17.3. The first-order valence-corrected chi connectivity index (χ1v) is 16.7. The zero-order valence-electron chi connectivity index (χ0n) is 23.3. The third kappa shape index (κ3) is 12.0. The van der Waals surface area contributed by atoms with Gasteiger partial charge in [0.1, 0.15) is 0 Å². The van der Waals surface area contributed by atoms with Gasteiger partial charge < -0.3 is 8.85 Å². The van der Waals surface area contributed by atoms with Crippen molar-refractivity contribution in [1.82, 2.24) is 0 Å². The molecule has 0 saturated carbocycles. The van der Waals surface area contributed by atoms with E-state index in [-0.39, 0.29) is 0 Å². The summed E-state index contributed by atoms with van der Waals surface area (Å²) in [6.07, 6.45) is 23.9. The molecular weight excluding hydrogens is 456 g/mol. The van der Waals surface area contributed by atoms with E-state index in [4.69, 9.17) is 8.85 Å². The molecular formula is C33H52O2Si. The molecule has 2 aromatic rings.